The molecule has 6 heteroatoms. The van der Waals surface area contributed by atoms with Gasteiger partial charge in [-0.1, -0.05) is 12.1 Å². The lowest BCUT2D eigenvalue weighted by Crippen LogP contribution is -2.41. The maximum atomic E-state index is 12.4. The van der Waals surface area contributed by atoms with Crippen molar-refractivity contribution in [1.29, 1.82) is 0 Å². The summed E-state index contributed by atoms with van der Waals surface area (Å²) in [6.07, 6.45) is 1.13. The number of anilines is 1. The molecule has 0 saturated heterocycles. The molecule has 0 radical (unpaired) electrons. The number of hydrogen-bond donors (Lipinski definition) is 2. The van der Waals surface area contributed by atoms with Crippen molar-refractivity contribution < 1.29 is 24.2 Å². The van der Waals surface area contributed by atoms with Gasteiger partial charge in [0.25, 0.3) is 0 Å². The smallest absolute Gasteiger partial charge is 0.307 e. The predicted molar refractivity (Wildman–Crippen MR) is 96.6 cm³/mol. The van der Waals surface area contributed by atoms with Gasteiger partial charge >= 0.3 is 5.97 Å². The van der Waals surface area contributed by atoms with Gasteiger partial charge in [-0.3, -0.25) is 9.59 Å². The van der Waals surface area contributed by atoms with Crippen LogP contribution in [0.2, 0.25) is 0 Å². The van der Waals surface area contributed by atoms with E-state index in [9.17, 15) is 9.59 Å². The van der Waals surface area contributed by atoms with E-state index >= 15 is 0 Å². The molecule has 1 aliphatic carbocycles. The summed E-state index contributed by atoms with van der Waals surface area (Å²) in [5.41, 5.74) is 0.516. The van der Waals surface area contributed by atoms with Crippen LogP contribution in [0.3, 0.4) is 0 Å². The highest BCUT2D eigenvalue weighted by Gasteiger charge is 2.41. The summed E-state index contributed by atoms with van der Waals surface area (Å²) in [4.78, 5) is 23.5. The number of amides is 1. The molecule has 1 aliphatic rings. The van der Waals surface area contributed by atoms with Gasteiger partial charge < -0.3 is 19.9 Å². The zero-order chi connectivity index (χ0) is 18.5. The second-order valence-corrected chi connectivity index (χ2v) is 6.12. The van der Waals surface area contributed by atoms with E-state index in [1.54, 1.807) is 30.3 Å². The van der Waals surface area contributed by atoms with E-state index in [0.29, 0.717) is 36.6 Å². The number of rotatable bonds is 7. The number of carboxylic acids is 1. The van der Waals surface area contributed by atoms with Crippen LogP contribution in [0.25, 0.3) is 0 Å². The lowest BCUT2D eigenvalue weighted by molar-refractivity contribution is -0.151. The maximum absolute atomic E-state index is 12.4. The monoisotopic (exact) mass is 355 g/mol. The first-order chi connectivity index (χ1) is 12.6. The van der Waals surface area contributed by atoms with Crippen LogP contribution in [0.5, 0.6) is 17.2 Å². The summed E-state index contributed by atoms with van der Waals surface area (Å²) in [5, 5.41) is 11.9. The molecule has 1 fully saturated rings. The Labute approximate surface area is 151 Å². The van der Waals surface area contributed by atoms with E-state index in [0.717, 1.165) is 5.75 Å². The van der Waals surface area contributed by atoms with Gasteiger partial charge in [-0.15, -0.1) is 0 Å². The molecule has 0 aliphatic heterocycles. The summed E-state index contributed by atoms with van der Waals surface area (Å²) < 4.78 is 11.3. The highest BCUT2D eigenvalue weighted by Crippen LogP contribution is 2.37. The lowest BCUT2D eigenvalue weighted by Gasteiger charge is -2.32. The molecule has 0 heterocycles. The molecule has 2 aromatic rings. The normalized spacial score (nSPS) is 18.5. The van der Waals surface area contributed by atoms with E-state index in [2.05, 4.69) is 5.32 Å². The Morgan fingerprint density at radius 3 is 2.31 bits per heavy atom. The van der Waals surface area contributed by atoms with Crippen LogP contribution in [0.4, 0.5) is 5.69 Å². The lowest BCUT2D eigenvalue weighted by atomic mass is 9.73. The molecule has 136 valence electrons. The van der Waals surface area contributed by atoms with E-state index in [1.807, 2.05) is 25.1 Å². The minimum atomic E-state index is -0.921. The molecule has 2 N–H and O–H groups in total. The van der Waals surface area contributed by atoms with Crippen molar-refractivity contribution >= 4 is 17.6 Å². The first kappa shape index (κ1) is 17.8. The summed E-state index contributed by atoms with van der Waals surface area (Å²) in [6.45, 7) is 2.51. The number of carbonyl (C=O) groups excluding carboxylic acids is 1. The van der Waals surface area contributed by atoms with E-state index in [4.69, 9.17) is 14.6 Å². The number of ether oxygens (including phenoxy) is 2. The van der Waals surface area contributed by atoms with Gasteiger partial charge in [0.2, 0.25) is 5.91 Å². The Kier molecular flexibility index (Phi) is 5.41. The van der Waals surface area contributed by atoms with E-state index in [-0.39, 0.29) is 5.91 Å². The third-order valence-corrected chi connectivity index (χ3v) is 4.44. The molecule has 26 heavy (non-hydrogen) atoms. The number of para-hydroxylation sites is 2. The minimum absolute atomic E-state index is 0.286. The van der Waals surface area contributed by atoms with Gasteiger partial charge in [-0.25, -0.2) is 0 Å². The number of nitrogens with one attached hydrogen (secondary N) is 1. The van der Waals surface area contributed by atoms with Crippen LogP contribution in [0.1, 0.15) is 19.8 Å². The highest BCUT2D eigenvalue weighted by molar-refractivity contribution is 5.97. The van der Waals surface area contributed by atoms with Crippen molar-refractivity contribution in [2.45, 2.75) is 19.8 Å². The zero-order valence-corrected chi connectivity index (χ0v) is 14.5. The van der Waals surface area contributed by atoms with Gasteiger partial charge in [0.1, 0.15) is 11.5 Å². The van der Waals surface area contributed by atoms with Gasteiger partial charge in [0, 0.05) is 0 Å². The molecule has 1 saturated carbocycles. The van der Waals surface area contributed by atoms with Gasteiger partial charge in [-0.05, 0) is 56.2 Å². The first-order valence-corrected chi connectivity index (χ1v) is 8.62. The number of hydrogen-bond acceptors (Lipinski definition) is 4. The number of benzene rings is 2. The first-order valence-electron chi connectivity index (χ1n) is 8.62. The Morgan fingerprint density at radius 2 is 1.69 bits per heavy atom. The van der Waals surface area contributed by atoms with E-state index in [1.165, 1.54) is 0 Å². The van der Waals surface area contributed by atoms with Gasteiger partial charge in [0.05, 0.1) is 24.1 Å². The second-order valence-electron chi connectivity index (χ2n) is 6.12. The fourth-order valence-electron chi connectivity index (χ4n) is 2.89. The van der Waals surface area contributed by atoms with E-state index < -0.39 is 17.8 Å². The topological polar surface area (TPSA) is 84.9 Å². The molecule has 0 spiro atoms. The van der Waals surface area contributed by atoms with Crippen LogP contribution in [0.15, 0.2) is 48.5 Å². The Bertz CT molecular complexity index is 787. The fraction of sp³-hybridized carbons (Fsp3) is 0.300. The van der Waals surface area contributed by atoms with Crippen molar-refractivity contribution in [3.05, 3.63) is 48.5 Å². The summed E-state index contributed by atoms with van der Waals surface area (Å²) in [7, 11) is 0. The van der Waals surface area contributed by atoms with Crippen molar-refractivity contribution in [1.82, 2.24) is 0 Å². The zero-order valence-electron chi connectivity index (χ0n) is 14.5. The average molecular weight is 355 g/mol. The summed E-state index contributed by atoms with van der Waals surface area (Å²) in [6, 6.07) is 14.3. The SMILES string of the molecule is CCOc1ccc(Oc2ccccc2NC(=O)C2CCC2C(=O)O)cc1. The summed E-state index contributed by atoms with van der Waals surface area (Å²) in [5.74, 6) is -0.438. The van der Waals surface area contributed by atoms with Crippen LogP contribution < -0.4 is 14.8 Å². The van der Waals surface area contributed by atoms with Crippen LogP contribution in [-0.2, 0) is 9.59 Å². The minimum Gasteiger partial charge on any atom is -0.494 e. The Balaban J connectivity index is 1.70. The number of carbonyl (C=O) groups is 2. The standard InChI is InChI=1S/C20H21NO5/c1-2-25-13-7-9-14(10-8-13)26-18-6-4-3-5-17(18)21-19(22)15-11-12-16(15)20(23)24/h3-10,15-16H,2,11-12H2,1H3,(H,21,22)(H,23,24). The molecule has 2 atom stereocenters. The van der Waals surface area contributed by atoms with Crippen molar-refractivity contribution in [3.8, 4) is 17.2 Å². The third-order valence-electron chi connectivity index (χ3n) is 4.44. The molecule has 0 aromatic heterocycles. The third kappa shape index (κ3) is 3.96. The fourth-order valence-corrected chi connectivity index (χ4v) is 2.89. The van der Waals surface area contributed by atoms with Crippen molar-refractivity contribution in [3.63, 3.8) is 0 Å². The quantitative estimate of drug-likeness (QED) is 0.786. The maximum Gasteiger partial charge on any atom is 0.307 e. The molecule has 3 rings (SSSR count). The van der Waals surface area contributed by atoms with Gasteiger partial charge in [-0.2, -0.15) is 0 Å². The number of aliphatic carboxylic acids is 1. The highest BCUT2D eigenvalue weighted by atomic mass is 16.5. The molecular weight excluding hydrogens is 334 g/mol. The largest absolute Gasteiger partial charge is 0.494 e. The molecule has 1 amide bonds. The molecule has 2 aromatic carbocycles. The Hall–Kier alpha value is -3.02. The average Bonchev–Trinajstić information content (AvgIpc) is 2.57. The van der Waals surface area contributed by atoms with Crippen molar-refractivity contribution in [2.24, 2.45) is 11.8 Å². The van der Waals surface area contributed by atoms with Crippen LogP contribution in [-0.4, -0.2) is 23.6 Å². The Morgan fingerprint density at radius 1 is 1.04 bits per heavy atom. The van der Waals surface area contributed by atoms with Crippen molar-refractivity contribution in [2.75, 3.05) is 11.9 Å². The predicted octanol–water partition coefficient (Wildman–Crippen LogP) is 3.93. The van der Waals surface area contributed by atoms with Crippen LogP contribution >= 0.6 is 0 Å². The molecule has 6 nitrogen and oxygen atoms in total. The molecule has 2 unspecified atom stereocenters. The second kappa shape index (κ2) is 7.91. The van der Waals surface area contributed by atoms with Gasteiger partial charge in [0.15, 0.2) is 5.75 Å². The van der Waals surface area contributed by atoms with Crippen LogP contribution in [0, 0.1) is 11.8 Å². The summed E-state index contributed by atoms with van der Waals surface area (Å²) >= 11 is 0. The molecule has 0 bridgehead atoms. The number of carboxylic acid groups (broad SMARTS) is 1. The molecular formula is C20H21NO5.